The molecule has 7 nitrogen and oxygen atoms in total. The van der Waals surface area contributed by atoms with Crippen molar-refractivity contribution in [1.29, 1.82) is 0 Å². The molecule has 3 N–H and O–H groups in total. The number of nitrogens with one attached hydrogen (secondary N) is 1. The van der Waals surface area contributed by atoms with Gasteiger partial charge in [-0.3, -0.25) is 4.98 Å². The van der Waals surface area contributed by atoms with Crippen LogP contribution in [0.1, 0.15) is 18.5 Å². The average Bonchev–Trinajstić information content (AvgIpc) is 3.21. The third-order valence-corrected chi connectivity index (χ3v) is 6.37. The molecule has 0 saturated carbocycles. The van der Waals surface area contributed by atoms with Crippen LogP contribution in [0.3, 0.4) is 0 Å². The van der Waals surface area contributed by atoms with Gasteiger partial charge >= 0.3 is 0 Å². The first kappa shape index (κ1) is 19.8. The highest BCUT2D eigenvalue weighted by Crippen LogP contribution is 2.36. The number of nitrogens with zero attached hydrogens (tertiary/aromatic N) is 5. The molecule has 1 fully saturated rings. The molecule has 1 unspecified atom stereocenters. The summed E-state index contributed by atoms with van der Waals surface area (Å²) >= 11 is 1.39. The number of fused-ring (bicyclic) bond motifs is 1. The molecule has 1 saturated heterocycles. The van der Waals surface area contributed by atoms with E-state index in [2.05, 4.69) is 30.2 Å². The number of piperidine rings is 1. The van der Waals surface area contributed by atoms with E-state index in [9.17, 15) is 4.39 Å². The van der Waals surface area contributed by atoms with Gasteiger partial charge in [-0.05, 0) is 44.0 Å². The molecule has 4 aromatic rings. The lowest BCUT2D eigenvalue weighted by Gasteiger charge is -2.33. The van der Waals surface area contributed by atoms with Crippen molar-refractivity contribution in [3.63, 3.8) is 0 Å². The van der Waals surface area contributed by atoms with Gasteiger partial charge in [0.2, 0.25) is 0 Å². The molecule has 1 aliphatic heterocycles. The van der Waals surface area contributed by atoms with Crippen LogP contribution >= 0.6 is 11.3 Å². The molecule has 1 aliphatic rings. The minimum Gasteiger partial charge on any atom is -0.368 e. The predicted octanol–water partition coefficient (Wildman–Crippen LogP) is 4.27. The van der Waals surface area contributed by atoms with Crippen LogP contribution in [0.15, 0.2) is 42.9 Å². The zero-order chi connectivity index (χ0) is 21.4. The molecule has 31 heavy (non-hydrogen) atoms. The van der Waals surface area contributed by atoms with Crippen molar-refractivity contribution in [3.05, 3.63) is 54.4 Å². The van der Waals surface area contributed by atoms with E-state index in [-0.39, 0.29) is 17.6 Å². The molecule has 158 valence electrons. The lowest BCUT2D eigenvalue weighted by atomic mass is 10.1. The maximum absolute atomic E-state index is 14.4. The first-order valence-electron chi connectivity index (χ1n) is 10.2. The number of aromatic nitrogens is 4. The zero-order valence-corrected chi connectivity index (χ0v) is 17.9. The summed E-state index contributed by atoms with van der Waals surface area (Å²) in [6.45, 7) is 3.58. The van der Waals surface area contributed by atoms with Gasteiger partial charge < -0.3 is 16.0 Å². The summed E-state index contributed by atoms with van der Waals surface area (Å²) in [7, 11) is 0. The van der Waals surface area contributed by atoms with Crippen LogP contribution in [0.5, 0.6) is 0 Å². The number of anilines is 3. The summed E-state index contributed by atoms with van der Waals surface area (Å²) in [6, 6.07) is 7.10. The number of pyridine rings is 3. The van der Waals surface area contributed by atoms with Gasteiger partial charge in [-0.25, -0.2) is 19.3 Å². The molecule has 0 amide bonds. The fourth-order valence-electron chi connectivity index (χ4n) is 3.85. The highest BCUT2D eigenvalue weighted by Gasteiger charge is 2.21. The highest BCUT2D eigenvalue weighted by molar-refractivity contribution is 7.21. The Balaban J connectivity index is 1.52. The average molecular weight is 436 g/mol. The van der Waals surface area contributed by atoms with E-state index >= 15 is 0 Å². The maximum atomic E-state index is 14.4. The van der Waals surface area contributed by atoms with Crippen LogP contribution in [-0.2, 0) is 0 Å². The van der Waals surface area contributed by atoms with Gasteiger partial charge in [0, 0.05) is 37.2 Å². The van der Waals surface area contributed by atoms with Crippen molar-refractivity contribution in [2.45, 2.75) is 25.8 Å². The quantitative estimate of drug-likeness (QED) is 0.494. The number of rotatable bonds is 4. The Morgan fingerprint density at radius 2 is 2.10 bits per heavy atom. The molecule has 4 aromatic heterocycles. The van der Waals surface area contributed by atoms with Crippen molar-refractivity contribution in [2.24, 2.45) is 5.73 Å². The van der Waals surface area contributed by atoms with E-state index in [4.69, 9.17) is 5.73 Å². The Bertz CT molecular complexity index is 1240. The first-order valence-corrected chi connectivity index (χ1v) is 11.0. The number of aryl methyl sites for hydroxylation is 1. The zero-order valence-electron chi connectivity index (χ0n) is 17.0. The van der Waals surface area contributed by atoms with E-state index in [1.54, 1.807) is 24.7 Å². The summed E-state index contributed by atoms with van der Waals surface area (Å²) in [5.41, 5.74) is 9.74. The molecule has 0 spiro atoms. The molecule has 5 heterocycles. The number of thiazole rings is 1. The summed E-state index contributed by atoms with van der Waals surface area (Å²) in [6.07, 6.45) is 7.38. The second kappa shape index (κ2) is 8.16. The van der Waals surface area contributed by atoms with Crippen LogP contribution in [0.2, 0.25) is 0 Å². The van der Waals surface area contributed by atoms with Crippen molar-refractivity contribution < 1.29 is 4.39 Å². The summed E-state index contributed by atoms with van der Waals surface area (Å²) in [5, 5.41) is 3.92. The van der Waals surface area contributed by atoms with Crippen LogP contribution in [0.25, 0.3) is 20.9 Å². The van der Waals surface area contributed by atoms with Gasteiger partial charge in [0.1, 0.15) is 16.2 Å². The second-order valence-corrected chi connectivity index (χ2v) is 8.71. The van der Waals surface area contributed by atoms with E-state index < -0.39 is 0 Å². The van der Waals surface area contributed by atoms with Gasteiger partial charge in [-0.15, -0.1) is 11.3 Å². The van der Waals surface area contributed by atoms with E-state index in [0.29, 0.717) is 16.3 Å². The third-order valence-electron chi connectivity index (χ3n) is 5.34. The monoisotopic (exact) mass is 435 g/mol. The van der Waals surface area contributed by atoms with Crippen molar-refractivity contribution >= 4 is 38.7 Å². The largest absolute Gasteiger partial charge is 0.368 e. The summed E-state index contributed by atoms with van der Waals surface area (Å²) in [5.74, 6) is 0.215. The normalized spacial score (nSPS) is 16.6. The Morgan fingerprint density at radius 1 is 1.19 bits per heavy atom. The number of hydrogen-bond acceptors (Lipinski definition) is 8. The van der Waals surface area contributed by atoms with Crippen molar-refractivity contribution in [2.75, 3.05) is 23.3 Å². The Kier molecular flexibility index (Phi) is 5.21. The van der Waals surface area contributed by atoms with Gasteiger partial charge in [0.05, 0.1) is 22.3 Å². The van der Waals surface area contributed by atoms with E-state index in [1.165, 1.54) is 17.4 Å². The van der Waals surface area contributed by atoms with Gasteiger partial charge in [0.25, 0.3) is 0 Å². The van der Waals surface area contributed by atoms with Gasteiger partial charge in [-0.1, -0.05) is 0 Å². The number of nitrogens with two attached hydrogens (primary N) is 1. The molecule has 0 aromatic carbocycles. The van der Waals surface area contributed by atoms with Crippen molar-refractivity contribution in [3.8, 4) is 10.7 Å². The number of hydrogen-bond donors (Lipinski definition) is 2. The Morgan fingerprint density at radius 3 is 2.97 bits per heavy atom. The third kappa shape index (κ3) is 3.94. The molecule has 1 atom stereocenters. The Hall–Kier alpha value is -3.17. The standard InChI is InChI=1S/C22H22FN7S/c1-13-4-5-15(23)19(27-13)22-29-20-18(31-22)7-9-26-21(20)28-16-11-25-8-6-17(16)30-10-2-3-14(24)12-30/h4-9,11,14H,2-3,10,12,24H2,1H3,(H,26,28). The lowest BCUT2D eigenvalue weighted by molar-refractivity contribution is 0.506. The fourth-order valence-corrected chi connectivity index (χ4v) is 4.81. The summed E-state index contributed by atoms with van der Waals surface area (Å²) < 4.78 is 15.3. The van der Waals surface area contributed by atoms with Crippen LogP contribution in [-0.4, -0.2) is 39.1 Å². The molecular formula is C22H22FN7S. The molecule has 0 radical (unpaired) electrons. The van der Waals surface area contributed by atoms with E-state index in [1.807, 2.05) is 19.1 Å². The van der Waals surface area contributed by atoms with Crippen LogP contribution < -0.4 is 16.0 Å². The summed E-state index contributed by atoms with van der Waals surface area (Å²) in [4.78, 5) is 20.1. The topological polar surface area (TPSA) is 92.9 Å². The molecule has 0 bridgehead atoms. The Labute approximate surface area is 183 Å². The van der Waals surface area contributed by atoms with Gasteiger partial charge in [0.15, 0.2) is 11.6 Å². The van der Waals surface area contributed by atoms with E-state index in [0.717, 1.165) is 47.7 Å². The van der Waals surface area contributed by atoms with Crippen LogP contribution in [0, 0.1) is 12.7 Å². The van der Waals surface area contributed by atoms with Crippen molar-refractivity contribution in [1.82, 2.24) is 19.9 Å². The number of halogens is 1. The van der Waals surface area contributed by atoms with Crippen LogP contribution in [0.4, 0.5) is 21.6 Å². The second-order valence-electron chi connectivity index (χ2n) is 7.67. The lowest BCUT2D eigenvalue weighted by Crippen LogP contribution is -2.43. The SMILES string of the molecule is Cc1ccc(F)c(-c2nc3c(Nc4cnccc4N4CCCC(N)C4)nccc3s2)n1. The minimum absolute atomic E-state index is 0.161. The first-order chi connectivity index (χ1) is 15.1. The highest BCUT2D eigenvalue weighted by atomic mass is 32.1. The smallest absolute Gasteiger partial charge is 0.157 e. The maximum Gasteiger partial charge on any atom is 0.157 e. The fraction of sp³-hybridized carbons (Fsp3) is 0.273. The minimum atomic E-state index is -0.386. The van der Waals surface area contributed by atoms with Gasteiger partial charge in [-0.2, -0.15) is 0 Å². The molecule has 0 aliphatic carbocycles. The predicted molar refractivity (Wildman–Crippen MR) is 122 cm³/mol. The molecule has 9 heteroatoms. The molecular weight excluding hydrogens is 413 g/mol. The molecule has 5 rings (SSSR count).